The third kappa shape index (κ3) is 3.51. The molecular formula is C21H13ClN3O4-. The van der Waals surface area contributed by atoms with Gasteiger partial charge in [-0.1, -0.05) is 29.8 Å². The molecule has 7 nitrogen and oxygen atoms in total. The molecule has 1 fully saturated rings. The number of carboxylic acids is 1. The molecule has 2 heterocycles. The fraction of sp³-hybridized carbons (Fsp3) is 0. The third-order valence-electron chi connectivity index (χ3n) is 4.40. The molecule has 4 rings (SSSR count). The lowest BCUT2D eigenvalue weighted by molar-refractivity contribution is -0.255. The lowest BCUT2D eigenvalue weighted by Gasteiger charge is -2.11. The van der Waals surface area contributed by atoms with Gasteiger partial charge in [-0.05, 0) is 54.1 Å². The number of amides is 3. The van der Waals surface area contributed by atoms with Gasteiger partial charge in [0.2, 0.25) is 0 Å². The number of nitrogens with one attached hydrogen (secondary N) is 1. The minimum absolute atomic E-state index is 0.0659. The first-order valence-electron chi connectivity index (χ1n) is 8.56. The van der Waals surface area contributed by atoms with Crippen LogP contribution < -0.4 is 15.3 Å². The van der Waals surface area contributed by atoms with Gasteiger partial charge >= 0.3 is 6.03 Å². The summed E-state index contributed by atoms with van der Waals surface area (Å²) in [5, 5.41) is 13.9. The van der Waals surface area contributed by atoms with Crippen molar-refractivity contribution in [2.75, 3.05) is 4.90 Å². The highest BCUT2D eigenvalue weighted by atomic mass is 35.5. The van der Waals surface area contributed by atoms with Crippen LogP contribution in [0.2, 0.25) is 5.02 Å². The van der Waals surface area contributed by atoms with E-state index in [4.69, 9.17) is 11.6 Å². The summed E-state index contributed by atoms with van der Waals surface area (Å²) in [6.45, 7) is 0. The number of hydrogen-bond acceptors (Lipinski definition) is 4. The fourth-order valence-corrected chi connectivity index (χ4v) is 3.22. The lowest BCUT2D eigenvalue weighted by Crippen LogP contribution is -2.30. The smallest absolute Gasteiger partial charge is 0.333 e. The largest absolute Gasteiger partial charge is 0.545 e. The predicted octanol–water partition coefficient (Wildman–Crippen LogP) is 2.59. The van der Waals surface area contributed by atoms with Gasteiger partial charge in [-0.3, -0.25) is 4.79 Å². The zero-order valence-corrected chi connectivity index (χ0v) is 15.6. The van der Waals surface area contributed by atoms with E-state index in [1.807, 2.05) is 0 Å². The van der Waals surface area contributed by atoms with Crippen LogP contribution in [0.1, 0.15) is 16.1 Å². The molecule has 8 heteroatoms. The van der Waals surface area contributed by atoms with Crippen molar-refractivity contribution in [1.82, 2.24) is 9.88 Å². The Morgan fingerprint density at radius 1 is 1.00 bits per heavy atom. The molecule has 0 radical (unpaired) electrons. The number of rotatable bonds is 4. The average molecular weight is 407 g/mol. The number of imide groups is 1. The summed E-state index contributed by atoms with van der Waals surface area (Å²) in [5.74, 6) is -1.76. The predicted molar refractivity (Wildman–Crippen MR) is 106 cm³/mol. The molecule has 1 N–H and O–H groups in total. The molecule has 144 valence electrons. The van der Waals surface area contributed by atoms with Crippen LogP contribution in [0.4, 0.5) is 10.5 Å². The number of urea groups is 1. The summed E-state index contributed by atoms with van der Waals surface area (Å²) in [6, 6.07) is 15.5. The van der Waals surface area contributed by atoms with Gasteiger partial charge in [-0.2, -0.15) is 0 Å². The molecule has 2 aromatic carbocycles. The summed E-state index contributed by atoms with van der Waals surface area (Å²) in [6.07, 6.45) is 3.31. The number of anilines is 1. The Morgan fingerprint density at radius 2 is 1.76 bits per heavy atom. The summed E-state index contributed by atoms with van der Waals surface area (Å²) in [5.41, 5.74) is 1.87. The Bertz CT molecular complexity index is 1160. The molecule has 0 atom stereocenters. The second kappa shape index (κ2) is 7.29. The number of nitrogens with zero attached hydrogens (tertiary/aromatic N) is 2. The number of hydrogen-bond donors (Lipinski definition) is 1. The van der Waals surface area contributed by atoms with E-state index < -0.39 is 17.9 Å². The van der Waals surface area contributed by atoms with Gasteiger partial charge in [0.25, 0.3) is 5.91 Å². The van der Waals surface area contributed by atoms with Crippen molar-refractivity contribution in [2.24, 2.45) is 0 Å². The molecule has 0 spiro atoms. The summed E-state index contributed by atoms with van der Waals surface area (Å²) < 4.78 is 1.76. The first-order valence-corrected chi connectivity index (χ1v) is 8.94. The standard InChI is InChI=1S/C21H14ClN3O4/c22-14-3-1-4-17(11-14)25-19(26)18(23-21(25)29)12-16-5-2-10-24(16)15-8-6-13(7-9-15)20(27)28/h1-12H,(H,23,29)(H,27,28)/p-1/b18-12+. The maximum absolute atomic E-state index is 12.8. The van der Waals surface area contributed by atoms with Gasteiger partial charge < -0.3 is 19.8 Å². The van der Waals surface area contributed by atoms with Crippen molar-refractivity contribution in [3.05, 3.63) is 88.8 Å². The quantitative estimate of drug-likeness (QED) is 0.532. The normalized spacial score (nSPS) is 15.1. The Hall–Kier alpha value is -3.84. The van der Waals surface area contributed by atoms with Crippen LogP contribution in [-0.2, 0) is 4.79 Å². The number of carboxylic acid groups (broad SMARTS) is 1. The van der Waals surface area contributed by atoms with Gasteiger partial charge in [-0.15, -0.1) is 0 Å². The number of aromatic nitrogens is 1. The van der Waals surface area contributed by atoms with E-state index in [1.165, 1.54) is 18.2 Å². The van der Waals surface area contributed by atoms with E-state index in [0.29, 0.717) is 22.1 Å². The molecule has 0 saturated carbocycles. The van der Waals surface area contributed by atoms with E-state index in [-0.39, 0.29) is 11.3 Å². The molecule has 1 aromatic heterocycles. The minimum atomic E-state index is -1.26. The van der Waals surface area contributed by atoms with Crippen molar-refractivity contribution < 1.29 is 19.5 Å². The van der Waals surface area contributed by atoms with Crippen LogP contribution in [0.15, 0.2) is 72.6 Å². The van der Waals surface area contributed by atoms with Gasteiger partial charge in [0, 0.05) is 22.6 Å². The van der Waals surface area contributed by atoms with Gasteiger partial charge in [0.05, 0.1) is 11.7 Å². The van der Waals surface area contributed by atoms with Crippen molar-refractivity contribution in [3.8, 4) is 5.69 Å². The third-order valence-corrected chi connectivity index (χ3v) is 4.63. The topological polar surface area (TPSA) is 94.5 Å². The minimum Gasteiger partial charge on any atom is -0.545 e. The monoisotopic (exact) mass is 406 g/mol. The molecule has 0 bridgehead atoms. The van der Waals surface area contributed by atoms with Crippen molar-refractivity contribution >= 4 is 41.3 Å². The summed E-state index contributed by atoms with van der Waals surface area (Å²) >= 11 is 5.96. The highest BCUT2D eigenvalue weighted by Crippen LogP contribution is 2.25. The highest BCUT2D eigenvalue weighted by Gasteiger charge is 2.35. The molecule has 0 unspecified atom stereocenters. The molecule has 1 aliphatic heterocycles. The second-order valence-electron chi connectivity index (χ2n) is 6.25. The van der Waals surface area contributed by atoms with Crippen molar-refractivity contribution in [1.29, 1.82) is 0 Å². The van der Waals surface area contributed by atoms with Gasteiger partial charge in [0.15, 0.2) is 0 Å². The Kier molecular flexibility index (Phi) is 4.66. The summed E-state index contributed by atoms with van der Waals surface area (Å²) in [4.78, 5) is 37.0. The maximum Gasteiger partial charge on any atom is 0.333 e. The fourth-order valence-electron chi connectivity index (χ4n) is 3.04. The van der Waals surface area contributed by atoms with Crippen LogP contribution in [0.25, 0.3) is 11.8 Å². The van der Waals surface area contributed by atoms with Crippen molar-refractivity contribution in [3.63, 3.8) is 0 Å². The molecule has 0 aliphatic carbocycles. The van der Waals surface area contributed by atoms with Crippen molar-refractivity contribution in [2.45, 2.75) is 0 Å². The van der Waals surface area contributed by atoms with Crippen LogP contribution >= 0.6 is 11.6 Å². The first-order chi connectivity index (χ1) is 13.9. The molecule has 3 aromatic rings. The zero-order chi connectivity index (χ0) is 20.5. The van der Waals surface area contributed by atoms with E-state index in [9.17, 15) is 19.5 Å². The molecule has 1 saturated heterocycles. The Morgan fingerprint density at radius 3 is 2.45 bits per heavy atom. The SMILES string of the molecule is O=C([O-])c1ccc(-n2cccc2/C=C2/NC(=O)N(c3cccc(Cl)c3)C2=O)cc1. The molecule has 3 amide bonds. The van der Waals surface area contributed by atoms with E-state index in [1.54, 1.807) is 59.3 Å². The second-order valence-corrected chi connectivity index (χ2v) is 6.68. The number of benzene rings is 2. The summed E-state index contributed by atoms with van der Waals surface area (Å²) in [7, 11) is 0. The van der Waals surface area contributed by atoms with Gasteiger partial charge in [0.1, 0.15) is 5.70 Å². The first kappa shape index (κ1) is 18.5. The van der Waals surface area contributed by atoms with E-state index >= 15 is 0 Å². The molecule has 29 heavy (non-hydrogen) atoms. The molecular weight excluding hydrogens is 394 g/mol. The number of carbonyl (C=O) groups is 3. The van der Waals surface area contributed by atoms with Crippen LogP contribution in [-0.4, -0.2) is 22.5 Å². The highest BCUT2D eigenvalue weighted by molar-refractivity contribution is 6.32. The number of carbonyl (C=O) groups excluding carboxylic acids is 3. The molecule has 1 aliphatic rings. The van der Waals surface area contributed by atoms with Crippen LogP contribution in [0.3, 0.4) is 0 Å². The average Bonchev–Trinajstić information content (AvgIpc) is 3.26. The van der Waals surface area contributed by atoms with Gasteiger partial charge in [-0.25, -0.2) is 9.69 Å². The van der Waals surface area contributed by atoms with Crippen LogP contribution in [0, 0.1) is 0 Å². The maximum atomic E-state index is 12.8. The zero-order valence-electron chi connectivity index (χ0n) is 14.8. The Balaban J connectivity index is 1.66. The number of aromatic carboxylic acids is 1. The van der Waals surface area contributed by atoms with E-state index in [2.05, 4.69) is 5.32 Å². The van der Waals surface area contributed by atoms with Crippen LogP contribution in [0.5, 0.6) is 0 Å². The Labute approximate surface area is 170 Å². The number of halogens is 1. The lowest BCUT2D eigenvalue weighted by atomic mass is 10.2. The van der Waals surface area contributed by atoms with E-state index in [0.717, 1.165) is 4.90 Å².